The number of ketones is 1. The molecule has 0 radical (unpaired) electrons. The van der Waals surface area contributed by atoms with Gasteiger partial charge >= 0.3 is 0 Å². The van der Waals surface area contributed by atoms with Crippen LogP contribution in [-0.4, -0.2) is 58.7 Å². The van der Waals surface area contributed by atoms with Crippen molar-refractivity contribution >= 4 is 36.9 Å². The fraction of sp³-hybridized carbons (Fsp3) is 0.333. The van der Waals surface area contributed by atoms with Gasteiger partial charge in [0.15, 0.2) is 31.2 Å². The summed E-state index contributed by atoms with van der Waals surface area (Å²) >= 11 is 0. The summed E-state index contributed by atoms with van der Waals surface area (Å²) < 4.78 is 65.4. The number of rotatable bonds is 11. The van der Waals surface area contributed by atoms with Crippen molar-refractivity contribution in [3.63, 3.8) is 0 Å². The highest BCUT2D eigenvalue weighted by molar-refractivity contribution is 7.94. The average molecular weight is 537 g/mol. The number of methoxy groups -OCH3 is 2. The first-order valence-corrected chi connectivity index (χ1v) is 14.4. The molecule has 2 heterocycles. The van der Waals surface area contributed by atoms with Crippen molar-refractivity contribution in [2.75, 3.05) is 25.7 Å². The van der Waals surface area contributed by atoms with Crippen molar-refractivity contribution in [3.05, 3.63) is 53.3 Å². The molecule has 0 aliphatic carbocycles. The van der Waals surface area contributed by atoms with Gasteiger partial charge in [0.05, 0.1) is 36.8 Å². The maximum Gasteiger partial charge on any atom is 0.250 e. The van der Waals surface area contributed by atoms with E-state index in [1.54, 1.807) is 13.8 Å². The Labute approximate surface area is 209 Å². The molecule has 2 N–H and O–H groups in total. The fourth-order valence-electron chi connectivity index (χ4n) is 4.01. The van der Waals surface area contributed by atoms with Crippen molar-refractivity contribution in [1.29, 1.82) is 0 Å². The number of nitrogens with two attached hydrogens (primary N) is 1. The number of hydrogen-bond acceptors (Lipinski definition) is 8. The van der Waals surface area contributed by atoms with Crippen molar-refractivity contribution in [3.8, 4) is 11.5 Å². The molecule has 0 spiro atoms. The van der Waals surface area contributed by atoms with E-state index < -0.39 is 46.8 Å². The van der Waals surface area contributed by atoms with Crippen LogP contribution in [0.5, 0.6) is 11.5 Å². The molecular weight excluding hydrogens is 508 g/mol. The zero-order valence-electron chi connectivity index (χ0n) is 20.4. The molecule has 3 aromatic rings. The molecule has 194 valence electrons. The highest BCUT2D eigenvalue weighted by atomic mass is 32.2. The summed E-state index contributed by atoms with van der Waals surface area (Å²) in [6, 6.07) is 6.85. The minimum absolute atomic E-state index is 0.0299. The van der Waals surface area contributed by atoms with Crippen LogP contribution in [0.1, 0.15) is 53.1 Å². The second kappa shape index (κ2) is 10.3. The van der Waals surface area contributed by atoms with Gasteiger partial charge in [-0.2, -0.15) is 0 Å². The van der Waals surface area contributed by atoms with Gasteiger partial charge in [-0.05, 0) is 43.2 Å². The zero-order chi connectivity index (χ0) is 26.8. The van der Waals surface area contributed by atoms with Crippen LogP contribution >= 0.6 is 0 Å². The van der Waals surface area contributed by atoms with Crippen molar-refractivity contribution in [1.82, 2.24) is 4.40 Å². The van der Waals surface area contributed by atoms with Crippen LogP contribution in [0.15, 0.2) is 46.3 Å². The molecule has 10 nitrogen and oxygen atoms in total. The van der Waals surface area contributed by atoms with Crippen LogP contribution in [-0.2, 0) is 19.7 Å². The van der Waals surface area contributed by atoms with Crippen LogP contribution in [0.25, 0.3) is 5.52 Å². The first kappa shape index (κ1) is 27.2. The van der Waals surface area contributed by atoms with E-state index in [0.717, 1.165) is 4.40 Å². The average Bonchev–Trinajstić information content (AvgIpc) is 3.19. The molecule has 0 atom stereocenters. The molecule has 0 unspecified atom stereocenters. The number of sulfone groups is 2. The van der Waals surface area contributed by atoms with E-state index in [2.05, 4.69) is 0 Å². The number of carbonyl (C=O) groups is 2. The second-order valence-electron chi connectivity index (χ2n) is 8.08. The summed E-state index contributed by atoms with van der Waals surface area (Å²) in [5.41, 5.74) is 4.99. The highest BCUT2D eigenvalue weighted by Crippen LogP contribution is 2.37. The Morgan fingerprint density at radius 3 is 1.92 bits per heavy atom. The van der Waals surface area contributed by atoms with Gasteiger partial charge in [-0.1, -0.05) is 13.8 Å². The molecular formula is C24H28N2O8S2. The molecule has 0 bridgehead atoms. The molecule has 12 heteroatoms. The largest absolute Gasteiger partial charge is 0.493 e. The Morgan fingerprint density at radius 2 is 1.39 bits per heavy atom. The molecule has 0 fully saturated rings. The van der Waals surface area contributed by atoms with Gasteiger partial charge in [-0.15, -0.1) is 0 Å². The maximum absolute atomic E-state index is 13.9. The van der Waals surface area contributed by atoms with E-state index in [9.17, 15) is 26.4 Å². The lowest BCUT2D eigenvalue weighted by Crippen LogP contribution is -2.17. The topological polar surface area (TPSA) is 151 Å². The van der Waals surface area contributed by atoms with E-state index in [1.165, 1.54) is 50.7 Å². The molecule has 0 aliphatic heterocycles. The number of hydrogen-bond donors (Lipinski definition) is 1. The molecule has 3 rings (SSSR count). The Hall–Kier alpha value is -3.38. The number of pyridine rings is 1. The van der Waals surface area contributed by atoms with Crippen LogP contribution in [0.3, 0.4) is 0 Å². The van der Waals surface area contributed by atoms with Gasteiger partial charge < -0.3 is 19.6 Å². The lowest BCUT2D eigenvalue weighted by Gasteiger charge is -2.11. The molecule has 36 heavy (non-hydrogen) atoms. The summed E-state index contributed by atoms with van der Waals surface area (Å²) in [5.74, 6) is -1.75. The van der Waals surface area contributed by atoms with Crippen molar-refractivity contribution in [2.45, 2.75) is 36.5 Å². The van der Waals surface area contributed by atoms with E-state index >= 15 is 0 Å². The van der Waals surface area contributed by atoms with E-state index in [4.69, 9.17) is 15.2 Å². The van der Waals surface area contributed by atoms with E-state index in [1.807, 2.05) is 0 Å². The molecule has 1 amide bonds. The Balaban J connectivity index is 2.54. The predicted octanol–water partition coefficient (Wildman–Crippen LogP) is 2.65. The Morgan fingerprint density at radius 1 is 0.833 bits per heavy atom. The number of nitrogens with zero attached hydrogens (tertiary/aromatic N) is 1. The first-order chi connectivity index (χ1) is 16.9. The van der Waals surface area contributed by atoms with E-state index in [0.29, 0.717) is 5.75 Å². The SMILES string of the molecule is CCCS(=O)(=O)c1c(S(=O)(=O)CCC)c2ccc(C(N)=O)cn2c1C(=O)c1ccc(OC)c(OC)c1. The molecule has 1 aromatic carbocycles. The smallest absolute Gasteiger partial charge is 0.250 e. The second-order valence-corrected chi connectivity index (χ2v) is 12.2. The molecule has 0 aliphatic rings. The molecule has 2 aromatic heterocycles. The number of primary amides is 1. The number of carbonyl (C=O) groups excluding carboxylic acids is 2. The van der Waals surface area contributed by atoms with Gasteiger partial charge in [0.2, 0.25) is 11.7 Å². The summed E-state index contributed by atoms with van der Waals surface area (Å²) in [6.07, 6.45) is 1.60. The minimum atomic E-state index is -4.24. The van der Waals surface area contributed by atoms with Gasteiger partial charge in [0.25, 0.3) is 0 Å². The Bertz CT molecular complexity index is 1550. The zero-order valence-corrected chi connectivity index (χ0v) is 22.0. The third-order valence-corrected chi connectivity index (χ3v) is 9.63. The lowest BCUT2D eigenvalue weighted by molar-refractivity contribution is 0.0995. The van der Waals surface area contributed by atoms with Crippen molar-refractivity contribution in [2.24, 2.45) is 5.73 Å². The van der Waals surface area contributed by atoms with Crippen LogP contribution < -0.4 is 15.2 Å². The van der Waals surface area contributed by atoms with Gasteiger partial charge in [-0.3, -0.25) is 9.59 Å². The van der Waals surface area contributed by atoms with Gasteiger partial charge in [-0.25, -0.2) is 16.8 Å². The lowest BCUT2D eigenvalue weighted by atomic mass is 10.1. The molecule has 0 saturated carbocycles. The van der Waals surface area contributed by atoms with Crippen LogP contribution in [0, 0.1) is 0 Å². The predicted molar refractivity (Wildman–Crippen MR) is 134 cm³/mol. The highest BCUT2D eigenvalue weighted by Gasteiger charge is 2.37. The van der Waals surface area contributed by atoms with Crippen LogP contribution in [0.2, 0.25) is 0 Å². The minimum Gasteiger partial charge on any atom is -0.493 e. The van der Waals surface area contributed by atoms with E-state index in [-0.39, 0.29) is 46.7 Å². The maximum atomic E-state index is 13.9. The van der Waals surface area contributed by atoms with Crippen LogP contribution in [0.4, 0.5) is 0 Å². The summed E-state index contributed by atoms with van der Waals surface area (Å²) in [5, 5.41) is 0. The number of amides is 1. The summed E-state index contributed by atoms with van der Waals surface area (Å²) in [7, 11) is -5.57. The normalized spacial score (nSPS) is 12.0. The number of ether oxygens (including phenoxy) is 2. The van der Waals surface area contributed by atoms with Gasteiger partial charge in [0.1, 0.15) is 15.5 Å². The Kier molecular flexibility index (Phi) is 7.79. The molecule has 0 saturated heterocycles. The summed E-state index contributed by atoms with van der Waals surface area (Å²) in [6.45, 7) is 3.28. The van der Waals surface area contributed by atoms with Crippen molar-refractivity contribution < 1.29 is 35.9 Å². The number of benzene rings is 1. The number of fused-ring (bicyclic) bond motifs is 1. The monoisotopic (exact) mass is 536 g/mol. The standard InChI is InChI=1S/C24H28N2O8S2/c1-5-11-35(29,30)22-17-9-7-16(24(25)28)14-26(17)20(23(22)36(31,32)12-6-2)21(27)15-8-10-18(33-3)19(13-15)34-4/h7-10,13-14H,5-6,11-12H2,1-4H3,(H2,25,28). The quantitative estimate of drug-likeness (QED) is 0.367. The third-order valence-electron chi connectivity index (χ3n) is 5.56. The number of aromatic nitrogens is 1. The first-order valence-electron chi connectivity index (χ1n) is 11.1. The van der Waals surface area contributed by atoms with Gasteiger partial charge in [0, 0.05) is 11.8 Å². The third kappa shape index (κ3) is 4.82. The fourth-order valence-corrected chi connectivity index (χ4v) is 7.99. The summed E-state index contributed by atoms with van der Waals surface area (Å²) in [4.78, 5) is 24.7.